The fourth-order valence-electron chi connectivity index (χ4n) is 3.83. The van der Waals surface area contributed by atoms with Crippen molar-refractivity contribution >= 4 is 31.6 Å². The van der Waals surface area contributed by atoms with Crippen LogP contribution in [-0.4, -0.2) is 9.13 Å². The number of benzene rings is 3. The molecule has 0 aliphatic rings. The van der Waals surface area contributed by atoms with Crippen LogP contribution in [0.15, 0.2) is 88.5 Å². The van der Waals surface area contributed by atoms with Crippen LogP contribution in [0.3, 0.4) is 0 Å². The summed E-state index contributed by atoms with van der Waals surface area (Å²) in [6, 6.07) is 20.7. The Morgan fingerprint density at radius 1 is 0.844 bits per heavy atom. The topological polar surface area (TPSA) is 44.0 Å². The van der Waals surface area contributed by atoms with Gasteiger partial charge in [-0.05, 0) is 35.9 Å². The van der Waals surface area contributed by atoms with Gasteiger partial charge in [-0.1, -0.05) is 48.5 Å². The second-order valence-corrected chi connectivity index (χ2v) is 8.37. The third-order valence-corrected chi connectivity index (χ3v) is 6.42. The van der Waals surface area contributed by atoms with Crippen molar-refractivity contribution in [1.29, 1.82) is 0 Å². The number of rotatable bonds is 3. The molecular weight excluding hydrogens is 437 g/mol. The Balaban J connectivity index is 1.83. The fourth-order valence-corrected chi connectivity index (χ4v) is 4.97. The van der Waals surface area contributed by atoms with Crippen LogP contribution in [0.5, 0.6) is 0 Å². The zero-order chi connectivity index (χ0) is 22.5. The minimum Gasteiger partial charge on any atom is -0.287 e. The van der Waals surface area contributed by atoms with Crippen LogP contribution < -0.4 is 11.2 Å². The number of aromatic nitrogens is 2. The van der Waals surface area contributed by atoms with Crippen LogP contribution in [0, 0.1) is 0 Å². The predicted molar refractivity (Wildman–Crippen MR) is 120 cm³/mol. The van der Waals surface area contributed by atoms with Crippen LogP contribution in [0.1, 0.15) is 11.1 Å². The van der Waals surface area contributed by atoms with Gasteiger partial charge in [0.2, 0.25) is 0 Å². The number of hydrogen-bond donors (Lipinski definition) is 0. The first-order chi connectivity index (χ1) is 15.3. The van der Waals surface area contributed by atoms with E-state index in [9.17, 15) is 22.8 Å². The molecule has 0 unspecified atom stereocenters. The van der Waals surface area contributed by atoms with Crippen molar-refractivity contribution in [3.05, 3.63) is 111 Å². The summed E-state index contributed by atoms with van der Waals surface area (Å²) in [7, 11) is 0. The first-order valence-corrected chi connectivity index (χ1v) is 10.5. The van der Waals surface area contributed by atoms with E-state index >= 15 is 0 Å². The molecule has 0 bridgehead atoms. The van der Waals surface area contributed by atoms with Crippen molar-refractivity contribution in [2.45, 2.75) is 12.7 Å². The van der Waals surface area contributed by atoms with Gasteiger partial charge in [0.05, 0.1) is 23.3 Å². The first-order valence-electron chi connectivity index (χ1n) is 9.73. The zero-order valence-corrected chi connectivity index (χ0v) is 17.3. The molecule has 0 aliphatic carbocycles. The molecule has 0 radical (unpaired) electrons. The monoisotopic (exact) mass is 452 g/mol. The molecule has 32 heavy (non-hydrogen) atoms. The van der Waals surface area contributed by atoms with E-state index in [1.54, 1.807) is 42.5 Å². The minimum atomic E-state index is -4.49. The summed E-state index contributed by atoms with van der Waals surface area (Å²) in [5.41, 5.74) is -0.681. The van der Waals surface area contributed by atoms with Crippen LogP contribution in [0.4, 0.5) is 13.2 Å². The lowest BCUT2D eigenvalue weighted by Gasteiger charge is -2.14. The van der Waals surface area contributed by atoms with E-state index < -0.39 is 23.0 Å². The summed E-state index contributed by atoms with van der Waals surface area (Å²) in [5, 5.41) is 0.717. The van der Waals surface area contributed by atoms with Gasteiger partial charge in [-0.15, -0.1) is 11.3 Å². The largest absolute Gasteiger partial charge is 0.416 e. The second-order valence-electron chi connectivity index (χ2n) is 7.32. The highest BCUT2D eigenvalue weighted by atomic mass is 32.1. The van der Waals surface area contributed by atoms with Crippen molar-refractivity contribution in [3.8, 4) is 5.69 Å². The summed E-state index contributed by atoms with van der Waals surface area (Å²) in [6.45, 7) is -0.104. The molecule has 0 atom stereocenters. The Morgan fingerprint density at radius 3 is 2.31 bits per heavy atom. The van der Waals surface area contributed by atoms with E-state index in [1.807, 2.05) is 18.2 Å². The van der Waals surface area contributed by atoms with E-state index in [0.29, 0.717) is 26.9 Å². The Kier molecular flexibility index (Phi) is 4.74. The highest BCUT2D eigenvalue weighted by Crippen LogP contribution is 2.32. The molecule has 2 aromatic heterocycles. The Labute approximate surface area is 183 Å². The predicted octanol–water partition coefficient (Wildman–Crippen LogP) is 5.43. The lowest BCUT2D eigenvalue weighted by atomic mass is 10.1. The van der Waals surface area contributed by atoms with E-state index in [4.69, 9.17) is 0 Å². The molecule has 0 saturated carbocycles. The molecule has 160 valence electrons. The highest BCUT2D eigenvalue weighted by Gasteiger charge is 2.30. The van der Waals surface area contributed by atoms with Gasteiger partial charge in [-0.25, -0.2) is 9.36 Å². The molecule has 0 amide bonds. The van der Waals surface area contributed by atoms with Gasteiger partial charge in [0.1, 0.15) is 4.70 Å². The van der Waals surface area contributed by atoms with E-state index in [1.165, 1.54) is 22.0 Å². The van der Waals surface area contributed by atoms with Crippen molar-refractivity contribution in [2.24, 2.45) is 0 Å². The van der Waals surface area contributed by atoms with Gasteiger partial charge in [0.15, 0.2) is 0 Å². The van der Waals surface area contributed by atoms with Crippen molar-refractivity contribution in [3.63, 3.8) is 0 Å². The van der Waals surface area contributed by atoms with E-state index in [0.717, 1.165) is 21.4 Å². The van der Waals surface area contributed by atoms with Crippen molar-refractivity contribution in [2.75, 3.05) is 0 Å². The number of para-hydroxylation sites is 1. The number of hydrogen-bond acceptors (Lipinski definition) is 3. The quantitative estimate of drug-likeness (QED) is 0.366. The third kappa shape index (κ3) is 3.33. The van der Waals surface area contributed by atoms with E-state index in [-0.39, 0.29) is 6.54 Å². The second kappa shape index (κ2) is 7.49. The summed E-state index contributed by atoms with van der Waals surface area (Å²) >= 11 is 1.26. The smallest absolute Gasteiger partial charge is 0.287 e. The fraction of sp³-hybridized carbons (Fsp3) is 0.0833. The lowest BCUT2D eigenvalue weighted by Crippen LogP contribution is -2.38. The molecule has 0 N–H and O–H groups in total. The lowest BCUT2D eigenvalue weighted by molar-refractivity contribution is -0.137. The van der Waals surface area contributed by atoms with Crippen LogP contribution >= 0.6 is 11.3 Å². The van der Waals surface area contributed by atoms with Crippen molar-refractivity contribution in [1.82, 2.24) is 9.13 Å². The average Bonchev–Trinajstić information content (AvgIpc) is 3.17. The Bertz CT molecular complexity index is 1580. The maximum atomic E-state index is 13.5. The summed E-state index contributed by atoms with van der Waals surface area (Å²) in [6.07, 6.45) is -4.49. The van der Waals surface area contributed by atoms with Gasteiger partial charge in [0.25, 0.3) is 5.56 Å². The molecular formula is C24H15F3N2O2S. The molecule has 5 rings (SSSR count). The maximum Gasteiger partial charge on any atom is 0.416 e. The van der Waals surface area contributed by atoms with Crippen LogP contribution in [0.25, 0.3) is 26.0 Å². The van der Waals surface area contributed by atoms with Crippen LogP contribution in [-0.2, 0) is 12.7 Å². The van der Waals surface area contributed by atoms with Gasteiger partial charge < -0.3 is 0 Å². The summed E-state index contributed by atoms with van der Waals surface area (Å²) in [4.78, 5) is 26.9. The van der Waals surface area contributed by atoms with Gasteiger partial charge in [0, 0.05) is 10.1 Å². The molecule has 4 nitrogen and oxygen atoms in total. The molecule has 0 fully saturated rings. The SMILES string of the molecule is O=c1c2sc3ccccc3c2n(Cc2cccc(C(F)(F)F)c2)c(=O)n1-c1ccccc1. The minimum absolute atomic E-state index is 0.104. The number of fused-ring (bicyclic) bond motifs is 3. The van der Waals surface area contributed by atoms with Crippen molar-refractivity contribution < 1.29 is 13.2 Å². The molecule has 0 aliphatic heterocycles. The molecule has 5 aromatic rings. The summed E-state index contributed by atoms with van der Waals surface area (Å²) in [5.74, 6) is 0. The normalized spacial score (nSPS) is 12.0. The number of halogens is 3. The van der Waals surface area contributed by atoms with Gasteiger partial charge in [-0.2, -0.15) is 13.2 Å². The maximum absolute atomic E-state index is 13.5. The molecule has 0 saturated heterocycles. The molecule has 0 spiro atoms. The zero-order valence-electron chi connectivity index (χ0n) is 16.5. The van der Waals surface area contributed by atoms with Crippen LogP contribution in [0.2, 0.25) is 0 Å². The molecule has 3 aromatic carbocycles. The number of alkyl halides is 3. The third-order valence-electron chi connectivity index (χ3n) is 5.27. The first kappa shape index (κ1) is 20.3. The standard InChI is InChI=1S/C24H15F3N2O2S/c25-24(26,27)16-8-6-7-15(13-16)14-28-20-18-11-4-5-12-19(18)32-21(20)22(30)29(23(28)31)17-9-2-1-3-10-17/h1-13H,14H2. The molecule has 8 heteroatoms. The van der Waals surface area contributed by atoms with Gasteiger partial charge in [-0.3, -0.25) is 9.36 Å². The van der Waals surface area contributed by atoms with Gasteiger partial charge >= 0.3 is 11.9 Å². The molecule has 2 heterocycles. The number of thiophene rings is 1. The van der Waals surface area contributed by atoms with E-state index in [2.05, 4.69) is 0 Å². The number of nitrogens with zero attached hydrogens (tertiary/aromatic N) is 2. The highest BCUT2D eigenvalue weighted by molar-refractivity contribution is 7.25. The average molecular weight is 452 g/mol. The Morgan fingerprint density at radius 2 is 1.56 bits per heavy atom. The Hall–Kier alpha value is -3.65. The summed E-state index contributed by atoms with van der Waals surface area (Å²) < 4.78 is 43.3.